The van der Waals surface area contributed by atoms with Gasteiger partial charge in [0.25, 0.3) is 0 Å². The molecule has 4 nitrogen and oxygen atoms in total. The number of rotatable bonds is 8. The largest absolute Gasteiger partial charge is 0.418 e. The van der Waals surface area contributed by atoms with E-state index >= 15 is 0 Å². The van der Waals surface area contributed by atoms with Gasteiger partial charge in [-0.2, -0.15) is 13.2 Å². The first-order valence-electron chi connectivity index (χ1n) is 6.63. The molecule has 1 aromatic carbocycles. The standard InChI is InChI=1S/C14H21F3N2O2/c1-18-10-11-3-4-13(12(9-11)14(15,16)17)19(5-7-20)6-8-21-2/h3-4,9,18,20H,5-8,10H2,1-2H3. The number of alkyl halides is 3. The zero-order valence-electron chi connectivity index (χ0n) is 12.2. The molecular formula is C14H21F3N2O2. The van der Waals surface area contributed by atoms with E-state index in [1.807, 2.05) is 0 Å². The minimum absolute atomic E-state index is 0.0634. The van der Waals surface area contributed by atoms with Gasteiger partial charge in [-0.05, 0) is 24.7 Å². The molecule has 0 aliphatic rings. The summed E-state index contributed by atoms with van der Waals surface area (Å²) in [4.78, 5) is 1.48. The second-order valence-corrected chi connectivity index (χ2v) is 4.58. The molecule has 0 saturated heterocycles. The summed E-state index contributed by atoms with van der Waals surface area (Å²) in [6, 6.07) is 4.24. The summed E-state index contributed by atoms with van der Waals surface area (Å²) in [6.45, 7) is 0.833. The molecule has 0 aliphatic heterocycles. The number of nitrogens with zero attached hydrogens (tertiary/aromatic N) is 1. The summed E-state index contributed by atoms with van der Waals surface area (Å²) in [7, 11) is 3.16. The maximum absolute atomic E-state index is 13.3. The molecule has 0 radical (unpaired) electrons. The Hall–Kier alpha value is -1.31. The molecule has 0 bridgehead atoms. The molecule has 1 aromatic rings. The van der Waals surface area contributed by atoms with E-state index < -0.39 is 11.7 Å². The van der Waals surface area contributed by atoms with Crippen LogP contribution in [-0.4, -0.2) is 45.6 Å². The van der Waals surface area contributed by atoms with Crippen molar-refractivity contribution in [2.45, 2.75) is 12.7 Å². The summed E-state index contributed by atoms with van der Waals surface area (Å²) in [5, 5.41) is 11.9. The van der Waals surface area contributed by atoms with Crippen molar-refractivity contribution >= 4 is 5.69 Å². The number of aliphatic hydroxyl groups is 1. The van der Waals surface area contributed by atoms with E-state index in [9.17, 15) is 13.2 Å². The SMILES string of the molecule is CNCc1ccc(N(CCO)CCOC)c(C(F)(F)F)c1. The molecule has 0 spiro atoms. The van der Waals surface area contributed by atoms with E-state index in [1.165, 1.54) is 18.1 Å². The van der Waals surface area contributed by atoms with Crippen LogP contribution in [0.5, 0.6) is 0 Å². The Morgan fingerprint density at radius 3 is 2.52 bits per heavy atom. The number of benzene rings is 1. The molecule has 21 heavy (non-hydrogen) atoms. The average molecular weight is 306 g/mol. The van der Waals surface area contributed by atoms with Crippen LogP contribution in [-0.2, 0) is 17.5 Å². The van der Waals surface area contributed by atoms with Gasteiger partial charge in [0.05, 0.1) is 18.8 Å². The lowest BCUT2D eigenvalue weighted by Crippen LogP contribution is -2.32. The molecule has 0 aromatic heterocycles. The molecule has 0 atom stereocenters. The smallest absolute Gasteiger partial charge is 0.395 e. The maximum atomic E-state index is 13.3. The Labute approximate surface area is 122 Å². The summed E-state index contributed by atoms with van der Waals surface area (Å²) in [6.07, 6.45) is -4.44. The Kier molecular flexibility index (Phi) is 6.94. The van der Waals surface area contributed by atoms with Crippen molar-refractivity contribution in [1.29, 1.82) is 0 Å². The van der Waals surface area contributed by atoms with Crippen LogP contribution in [0.3, 0.4) is 0 Å². The molecule has 0 saturated carbocycles. The van der Waals surface area contributed by atoms with Crippen LogP contribution in [0.4, 0.5) is 18.9 Å². The number of methoxy groups -OCH3 is 1. The van der Waals surface area contributed by atoms with Gasteiger partial charge in [0.1, 0.15) is 0 Å². The van der Waals surface area contributed by atoms with Gasteiger partial charge in [0.15, 0.2) is 0 Å². The molecule has 120 valence electrons. The Bertz CT molecular complexity index is 439. The van der Waals surface area contributed by atoms with Crippen LogP contribution in [0, 0.1) is 0 Å². The predicted molar refractivity (Wildman–Crippen MR) is 75.4 cm³/mol. The first kappa shape index (κ1) is 17.7. The highest BCUT2D eigenvalue weighted by Gasteiger charge is 2.35. The zero-order chi connectivity index (χ0) is 15.9. The molecule has 0 fully saturated rings. The van der Waals surface area contributed by atoms with Gasteiger partial charge < -0.3 is 20.1 Å². The van der Waals surface area contributed by atoms with Gasteiger partial charge in [0, 0.05) is 32.4 Å². The first-order chi connectivity index (χ1) is 9.93. The number of aliphatic hydroxyl groups excluding tert-OH is 1. The number of ether oxygens (including phenoxy) is 1. The highest BCUT2D eigenvalue weighted by molar-refractivity contribution is 5.56. The quantitative estimate of drug-likeness (QED) is 0.770. The molecule has 0 amide bonds. The molecular weight excluding hydrogens is 285 g/mol. The molecule has 2 N–H and O–H groups in total. The number of anilines is 1. The summed E-state index contributed by atoms with van der Waals surface area (Å²) in [5.41, 5.74) is -0.0717. The van der Waals surface area contributed by atoms with Crippen LogP contribution in [0.25, 0.3) is 0 Å². The zero-order valence-corrected chi connectivity index (χ0v) is 12.2. The monoisotopic (exact) mass is 306 g/mol. The highest BCUT2D eigenvalue weighted by atomic mass is 19.4. The van der Waals surface area contributed by atoms with Crippen LogP contribution in [0.2, 0.25) is 0 Å². The summed E-state index contributed by atoms with van der Waals surface area (Å²) < 4.78 is 44.7. The molecule has 7 heteroatoms. The summed E-state index contributed by atoms with van der Waals surface area (Å²) in [5.74, 6) is 0. The lowest BCUT2D eigenvalue weighted by molar-refractivity contribution is -0.137. The predicted octanol–water partition coefficient (Wildman–Crippen LogP) is 1.87. The van der Waals surface area contributed by atoms with Gasteiger partial charge in [-0.3, -0.25) is 0 Å². The normalized spacial score (nSPS) is 11.7. The number of halogens is 3. The van der Waals surface area contributed by atoms with Crippen molar-refractivity contribution < 1.29 is 23.0 Å². The maximum Gasteiger partial charge on any atom is 0.418 e. The van der Waals surface area contributed by atoms with Crippen molar-refractivity contribution in [1.82, 2.24) is 5.32 Å². The second kappa shape index (κ2) is 8.21. The Balaban J connectivity index is 3.17. The van der Waals surface area contributed by atoms with Gasteiger partial charge >= 0.3 is 6.18 Å². The summed E-state index contributed by atoms with van der Waals surface area (Å²) >= 11 is 0. The topological polar surface area (TPSA) is 44.7 Å². The van der Waals surface area contributed by atoms with Crippen molar-refractivity contribution in [3.63, 3.8) is 0 Å². The van der Waals surface area contributed by atoms with E-state index in [2.05, 4.69) is 5.32 Å². The van der Waals surface area contributed by atoms with E-state index in [0.717, 1.165) is 6.07 Å². The fourth-order valence-corrected chi connectivity index (χ4v) is 2.07. The van der Waals surface area contributed by atoms with Crippen molar-refractivity contribution in [2.75, 3.05) is 45.4 Å². The lowest BCUT2D eigenvalue weighted by atomic mass is 10.1. The van der Waals surface area contributed by atoms with Crippen LogP contribution in [0.1, 0.15) is 11.1 Å². The van der Waals surface area contributed by atoms with Crippen LogP contribution in [0.15, 0.2) is 18.2 Å². The van der Waals surface area contributed by atoms with E-state index in [-0.39, 0.29) is 32.0 Å². The fourth-order valence-electron chi connectivity index (χ4n) is 2.07. The van der Waals surface area contributed by atoms with E-state index in [1.54, 1.807) is 13.1 Å². The second-order valence-electron chi connectivity index (χ2n) is 4.58. The average Bonchev–Trinajstić information content (AvgIpc) is 2.43. The fraction of sp³-hybridized carbons (Fsp3) is 0.571. The Morgan fingerprint density at radius 2 is 2.00 bits per heavy atom. The van der Waals surface area contributed by atoms with Crippen molar-refractivity contribution in [3.05, 3.63) is 29.3 Å². The van der Waals surface area contributed by atoms with Gasteiger partial charge in [-0.1, -0.05) is 6.07 Å². The van der Waals surface area contributed by atoms with Gasteiger partial charge in [-0.15, -0.1) is 0 Å². The third-order valence-corrected chi connectivity index (χ3v) is 3.02. The van der Waals surface area contributed by atoms with E-state index in [0.29, 0.717) is 12.1 Å². The molecule has 0 unspecified atom stereocenters. The van der Waals surface area contributed by atoms with Crippen LogP contribution < -0.4 is 10.2 Å². The molecule has 0 aliphatic carbocycles. The third kappa shape index (κ3) is 5.18. The first-order valence-corrected chi connectivity index (χ1v) is 6.63. The lowest BCUT2D eigenvalue weighted by Gasteiger charge is -2.27. The third-order valence-electron chi connectivity index (χ3n) is 3.02. The van der Waals surface area contributed by atoms with Crippen molar-refractivity contribution in [2.24, 2.45) is 0 Å². The number of nitrogens with one attached hydrogen (secondary N) is 1. The van der Waals surface area contributed by atoms with Crippen LogP contribution >= 0.6 is 0 Å². The van der Waals surface area contributed by atoms with E-state index in [4.69, 9.17) is 9.84 Å². The molecule has 1 rings (SSSR count). The van der Waals surface area contributed by atoms with Crippen molar-refractivity contribution in [3.8, 4) is 0 Å². The minimum Gasteiger partial charge on any atom is -0.395 e. The van der Waals surface area contributed by atoms with Gasteiger partial charge in [0.2, 0.25) is 0 Å². The van der Waals surface area contributed by atoms with Gasteiger partial charge in [-0.25, -0.2) is 0 Å². The Morgan fingerprint density at radius 1 is 1.29 bits per heavy atom. The number of hydrogen-bond donors (Lipinski definition) is 2. The molecule has 0 heterocycles. The minimum atomic E-state index is -4.44. The number of hydrogen-bond acceptors (Lipinski definition) is 4. The highest BCUT2D eigenvalue weighted by Crippen LogP contribution is 2.37.